The van der Waals surface area contributed by atoms with E-state index >= 15 is 0 Å². The van der Waals surface area contributed by atoms with Crippen molar-refractivity contribution in [2.45, 2.75) is 83.3 Å². The minimum Gasteiger partial charge on any atom is -0.352 e. The SMILES string of the molecule is CC[C@@H](C(=O)NC1CCCC1)N(Cc1ccc(Cl)cc1Cl)C(=O)CN(c1ccc(C)c(C)c1)S(=O)(=O)c1ccc(C)cc1. The van der Waals surface area contributed by atoms with E-state index in [4.69, 9.17) is 23.2 Å². The molecule has 230 valence electrons. The van der Waals surface area contributed by atoms with Crippen molar-refractivity contribution in [1.29, 1.82) is 0 Å². The van der Waals surface area contributed by atoms with Gasteiger partial charge in [0.1, 0.15) is 12.6 Å². The third-order valence-corrected chi connectivity index (χ3v) is 10.5. The molecular weight excluding hydrogens is 605 g/mol. The normalized spacial score (nSPS) is 14.4. The highest BCUT2D eigenvalue weighted by Crippen LogP contribution is 2.28. The Morgan fingerprint density at radius 2 is 1.60 bits per heavy atom. The zero-order chi connectivity index (χ0) is 31.3. The highest BCUT2D eigenvalue weighted by Gasteiger charge is 2.35. The lowest BCUT2D eigenvalue weighted by Gasteiger charge is -2.34. The van der Waals surface area contributed by atoms with Gasteiger partial charge < -0.3 is 10.2 Å². The summed E-state index contributed by atoms with van der Waals surface area (Å²) in [6, 6.07) is 16.0. The summed E-state index contributed by atoms with van der Waals surface area (Å²) in [6.07, 6.45) is 4.23. The first kappa shape index (κ1) is 32.8. The molecule has 7 nitrogen and oxygen atoms in total. The number of carbonyl (C=O) groups is 2. The zero-order valence-electron chi connectivity index (χ0n) is 25.1. The summed E-state index contributed by atoms with van der Waals surface area (Å²) in [5, 5.41) is 3.92. The lowest BCUT2D eigenvalue weighted by molar-refractivity contribution is -0.140. The summed E-state index contributed by atoms with van der Waals surface area (Å²) in [5.41, 5.74) is 3.77. The molecule has 1 atom stereocenters. The minimum atomic E-state index is -4.15. The van der Waals surface area contributed by atoms with Gasteiger partial charge in [0.2, 0.25) is 11.8 Å². The van der Waals surface area contributed by atoms with Crippen LogP contribution in [0.5, 0.6) is 0 Å². The van der Waals surface area contributed by atoms with E-state index < -0.39 is 28.5 Å². The van der Waals surface area contributed by atoms with Crippen molar-refractivity contribution in [3.05, 3.63) is 93.0 Å². The van der Waals surface area contributed by atoms with Gasteiger partial charge in [0.25, 0.3) is 10.0 Å². The molecular formula is C33H39Cl2N3O4S. The van der Waals surface area contributed by atoms with Gasteiger partial charge in [0.15, 0.2) is 0 Å². The summed E-state index contributed by atoms with van der Waals surface area (Å²) in [6.45, 7) is 7.06. The number of carbonyl (C=O) groups excluding carboxylic acids is 2. The van der Waals surface area contributed by atoms with Crippen LogP contribution in [-0.2, 0) is 26.2 Å². The predicted octanol–water partition coefficient (Wildman–Crippen LogP) is 6.98. The third kappa shape index (κ3) is 7.91. The summed E-state index contributed by atoms with van der Waals surface area (Å²) >= 11 is 12.6. The highest BCUT2D eigenvalue weighted by molar-refractivity contribution is 7.92. The summed E-state index contributed by atoms with van der Waals surface area (Å²) in [4.78, 5) is 29.4. The first-order valence-electron chi connectivity index (χ1n) is 14.6. The summed E-state index contributed by atoms with van der Waals surface area (Å²) in [7, 11) is -4.15. The van der Waals surface area contributed by atoms with Crippen LogP contribution in [0.4, 0.5) is 5.69 Å². The van der Waals surface area contributed by atoms with E-state index in [-0.39, 0.29) is 23.4 Å². The van der Waals surface area contributed by atoms with Gasteiger partial charge >= 0.3 is 0 Å². The first-order chi connectivity index (χ1) is 20.4. The van der Waals surface area contributed by atoms with Crippen LogP contribution >= 0.6 is 23.2 Å². The van der Waals surface area contributed by atoms with Crippen molar-refractivity contribution in [2.75, 3.05) is 10.8 Å². The van der Waals surface area contributed by atoms with Crippen LogP contribution in [0.15, 0.2) is 65.6 Å². The van der Waals surface area contributed by atoms with Gasteiger partial charge in [-0.1, -0.05) is 72.8 Å². The van der Waals surface area contributed by atoms with E-state index in [9.17, 15) is 18.0 Å². The molecule has 4 rings (SSSR count). The molecule has 0 radical (unpaired) electrons. The maximum absolute atomic E-state index is 14.3. The zero-order valence-corrected chi connectivity index (χ0v) is 27.4. The number of sulfonamides is 1. The molecule has 0 saturated heterocycles. The van der Waals surface area contributed by atoms with Gasteiger partial charge in [-0.25, -0.2) is 8.42 Å². The van der Waals surface area contributed by atoms with Crippen LogP contribution in [-0.4, -0.2) is 43.8 Å². The second-order valence-electron chi connectivity index (χ2n) is 11.3. The number of aryl methyl sites for hydroxylation is 3. The molecule has 10 heteroatoms. The van der Waals surface area contributed by atoms with Gasteiger partial charge in [0, 0.05) is 22.6 Å². The molecule has 0 unspecified atom stereocenters. The molecule has 0 aromatic heterocycles. The van der Waals surface area contributed by atoms with Crippen molar-refractivity contribution >= 4 is 50.7 Å². The fourth-order valence-corrected chi connectivity index (χ4v) is 7.24. The molecule has 3 aromatic rings. The number of amides is 2. The molecule has 1 fully saturated rings. The summed E-state index contributed by atoms with van der Waals surface area (Å²) in [5.74, 6) is -0.777. The Balaban J connectivity index is 1.75. The van der Waals surface area contributed by atoms with Gasteiger partial charge in [-0.15, -0.1) is 0 Å². The average molecular weight is 645 g/mol. The van der Waals surface area contributed by atoms with E-state index in [0.29, 0.717) is 27.7 Å². The van der Waals surface area contributed by atoms with Gasteiger partial charge in [0.05, 0.1) is 10.6 Å². The fraction of sp³-hybridized carbons (Fsp3) is 0.394. The Morgan fingerprint density at radius 1 is 0.930 bits per heavy atom. The molecule has 1 aliphatic rings. The number of rotatable bonds is 11. The molecule has 1 N–H and O–H groups in total. The number of nitrogens with zero attached hydrogens (tertiary/aromatic N) is 2. The van der Waals surface area contributed by atoms with E-state index in [2.05, 4.69) is 5.32 Å². The van der Waals surface area contributed by atoms with Crippen molar-refractivity contribution in [3.63, 3.8) is 0 Å². The molecule has 0 spiro atoms. The largest absolute Gasteiger partial charge is 0.352 e. The van der Waals surface area contributed by atoms with Crippen LogP contribution in [0.2, 0.25) is 10.0 Å². The quantitative estimate of drug-likeness (QED) is 0.244. The van der Waals surface area contributed by atoms with Crippen LogP contribution in [0.3, 0.4) is 0 Å². The standard InChI is InChI=1S/C33H39Cl2N3O4S/c1-5-31(33(40)36-27-8-6-7-9-27)37(20-25-13-14-26(34)19-30(25)35)32(39)21-38(28-15-12-23(3)24(4)18-28)43(41,42)29-16-10-22(2)11-17-29/h10-19,27,31H,5-9,20-21H2,1-4H3,(H,36,40)/t31-/m0/s1. The van der Waals surface area contributed by atoms with Gasteiger partial charge in [-0.2, -0.15) is 0 Å². The number of benzene rings is 3. The van der Waals surface area contributed by atoms with Crippen molar-refractivity contribution in [2.24, 2.45) is 0 Å². The van der Waals surface area contributed by atoms with Crippen molar-refractivity contribution in [1.82, 2.24) is 10.2 Å². The molecule has 3 aromatic carbocycles. The van der Waals surface area contributed by atoms with E-state index in [1.807, 2.05) is 33.8 Å². The fourth-order valence-electron chi connectivity index (χ4n) is 5.37. The van der Waals surface area contributed by atoms with Crippen molar-refractivity contribution in [3.8, 4) is 0 Å². The Bertz CT molecular complexity index is 1570. The van der Waals surface area contributed by atoms with Crippen LogP contribution in [0.1, 0.15) is 61.3 Å². The van der Waals surface area contributed by atoms with Crippen LogP contribution in [0, 0.1) is 20.8 Å². The maximum atomic E-state index is 14.3. The smallest absolute Gasteiger partial charge is 0.264 e. The van der Waals surface area contributed by atoms with Gasteiger partial charge in [-0.05, 0) is 93.1 Å². The second-order valence-corrected chi connectivity index (χ2v) is 14.0. The minimum absolute atomic E-state index is 0.0107. The van der Waals surface area contributed by atoms with Crippen molar-refractivity contribution < 1.29 is 18.0 Å². The Labute approximate surface area is 265 Å². The number of anilines is 1. The predicted molar refractivity (Wildman–Crippen MR) is 173 cm³/mol. The monoisotopic (exact) mass is 643 g/mol. The molecule has 43 heavy (non-hydrogen) atoms. The number of nitrogens with one attached hydrogen (secondary N) is 1. The molecule has 1 aliphatic carbocycles. The molecule has 2 amide bonds. The number of hydrogen-bond acceptors (Lipinski definition) is 4. The molecule has 0 bridgehead atoms. The molecule has 0 heterocycles. The maximum Gasteiger partial charge on any atom is 0.264 e. The van der Waals surface area contributed by atoms with E-state index in [1.165, 1.54) is 4.90 Å². The van der Waals surface area contributed by atoms with Gasteiger partial charge in [-0.3, -0.25) is 13.9 Å². The Morgan fingerprint density at radius 3 is 2.21 bits per heavy atom. The topological polar surface area (TPSA) is 86.8 Å². The lowest BCUT2D eigenvalue weighted by Crippen LogP contribution is -2.53. The third-order valence-electron chi connectivity index (χ3n) is 8.11. The van der Waals surface area contributed by atoms with E-state index in [1.54, 1.807) is 54.6 Å². The number of hydrogen-bond donors (Lipinski definition) is 1. The van der Waals surface area contributed by atoms with Crippen LogP contribution in [0.25, 0.3) is 0 Å². The summed E-state index contributed by atoms with van der Waals surface area (Å²) < 4.78 is 29.3. The first-order valence-corrected chi connectivity index (χ1v) is 16.8. The Kier molecular flexibility index (Phi) is 10.8. The lowest BCUT2D eigenvalue weighted by atomic mass is 10.1. The molecule has 1 saturated carbocycles. The highest BCUT2D eigenvalue weighted by atomic mass is 35.5. The van der Waals surface area contributed by atoms with Crippen LogP contribution < -0.4 is 9.62 Å². The Hall–Kier alpha value is -3.07. The average Bonchev–Trinajstić information content (AvgIpc) is 3.47. The molecule has 0 aliphatic heterocycles. The van der Waals surface area contributed by atoms with E-state index in [0.717, 1.165) is 46.7 Å². The second kappa shape index (κ2) is 14.1. The number of halogens is 2.